The van der Waals surface area contributed by atoms with E-state index in [4.69, 9.17) is 14.6 Å². The smallest absolute Gasteiger partial charge is 0.247 e. The van der Waals surface area contributed by atoms with Gasteiger partial charge in [0.2, 0.25) is 15.5 Å². The van der Waals surface area contributed by atoms with Crippen molar-refractivity contribution in [2.75, 3.05) is 26.4 Å². The number of ether oxygens (including phenoxy) is 2. The third-order valence-corrected chi connectivity index (χ3v) is 4.28. The quantitative estimate of drug-likeness (QED) is 0.781. The van der Waals surface area contributed by atoms with Gasteiger partial charge in [0.25, 0.3) is 0 Å². The molecular formula is C15H23NO6S. The molecule has 2 saturated heterocycles. The van der Waals surface area contributed by atoms with E-state index in [1.165, 1.54) is 25.7 Å². The molecule has 4 rings (SSSR count). The summed E-state index contributed by atoms with van der Waals surface area (Å²) in [7, 11) is -3.76. The van der Waals surface area contributed by atoms with Gasteiger partial charge in [-0.05, 0) is 31.7 Å². The SMILES string of the molecule is C1CCOC1.C1CCOC1.NS(=O)(=O)C1OOc2ccccc21. The van der Waals surface area contributed by atoms with Gasteiger partial charge >= 0.3 is 0 Å². The molecule has 23 heavy (non-hydrogen) atoms. The number of benzene rings is 1. The van der Waals surface area contributed by atoms with Crippen LogP contribution >= 0.6 is 0 Å². The standard InChI is InChI=1S/C7H7NO4S.2C4H8O/c8-13(9,10)7-5-3-1-2-4-6(5)11-12-7;2*1-2-4-5-3-1/h1-4,7H,(H2,8,9,10);2*1-4H2. The lowest BCUT2D eigenvalue weighted by Crippen LogP contribution is -2.21. The number of rotatable bonds is 1. The molecule has 2 N–H and O–H groups in total. The van der Waals surface area contributed by atoms with Crippen LogP contribution in [-0.2, 0) is 24.4 Å². The van der Waals surface area contributed by atoms with Crippen LogP contribution in [0.15, 0.2) is 24.3 Å². The molecule has 0 spiro atoms. The minimum absolute atomic E-state index is 0.390. The van der Waals surface area contributed by atoms with Gasteiger partial charge in [-0.15, -0.1) is 0 Å². The summed E-state index contributed by atoms with van der Waals surface area (Å²) in [6.07, 6.45) is 5.11. The fraction of sp³-hybridized carbons (Fsp3) is 0.600. The molecule has 0 aromatic heterocycles. The van der Waals surface area contributed by atoms with E-state index in [2.05, 4.69) is 9.78 Å². The van der Waals surface area contributed by atoms with Crippen molar-refractivity contribution in [1.82, 2.24) is 0 Å². The van der Waals surface area contributed by atoms with Gasteiger partial charge < -0.3 is 14.4 Å². The molecule has 1 atom stereocenters. The van der Waals surface area contributed by atoms with Gasteiger partial charge in [-0.2, -0.15) is 4.89 Å². The van der Waals surface area contributed by atoms with Crippen molar-refractivity contribution in [1.29, 1.82) is 0 Å². The van der Waals surface area contributed by atoms with E-state index in [0.717, 1.165) is 26.4 Å². The highest BCUT2D eigenvalue weighted by Crippen LogP contribution is 2.36. The molecule has 8 heteroatoms. The highest BCUT2D eigenvalue weighted by atomic mass is 32.2. The topological polar surface area (TPSA) is 97.1 Å². The number of sulfonamides is 1. The van der Waals surface area contributed by atoms with Gasteiger partial charge in [-0.3, -0.25) is 0 Å². The highest BCUT2D eigenvalue weighted by molar-refractivity contribution is 7.89. The first kappa shape index (κ1) is 18.2. The molecule has 1 aromatic carbocycles. The Morgan fingerprint density at radius 1 is 0.913 bits per heavy atom. The van der Waals surface area contributed by atoms with Gasteiger partial charge in [0.05, 0.1) is 0 Å². The Labute approximate surface area is 136 Å². The van der Waals surface area contributed by atoms with Crippen LogP contribution in [0, 0.1) is 0 Å². The van der Waals surface area contributed by atoms with Crippen LogP contribution in [0.25, 0.3) is 0 Å². The summed E-state index contributed by atoms with van der Waals surface area (Å²) < 4.78 is 31.8. The van der Waals surface area contributed by atoms with E-state index in [1.54, 1.807) is 24.3 Å². The van der Waals surface area contributed by atoms with Crippen molar-refractivity contribution < 1.29 is 27.7 Å². The summed E-state index contributed by atoms with van der Waals surface area (Å²) in [5, 5.41) is 4.92. The second-order valence-corrected chi connectivity index (χ2v) is 6.88. The number of para-hydroxylation sites is 1. The molecule has 7 nitrogen and oxygen atoms in total. The van der Waals surface area contributed by atoms with Crippen LogP contribution in [-0.4, -0.2) is 34.8 Å². The van der Waals surface area contributed by atoms with Crippen molar-refractivity contribution in [2.24, 2.45) is 5.14 Å². The molecule has 1 aromatic rings. The molecule has 3 heterocycles. The van der Waals surface area contributed by atoms with E-state index in [9.17, 15) is 8.42 Å². The Hall–Kier alpha value is -1.19. The van der Waals surface area contributed by atoms with Crippen LogP contribution in [0.3, 0.4) is 0 Å². The minimum Gasteiger partial charge on any atom is -0.381 e. The first-order valence-electron chi connectivity index (χ1n) is 7.68. The Morgan fingerprint density at radius 2 is 1.43 bits per heavy atom. The Morgan fingerprint density at radius 3 is 1.87 bits per heavy atom. The zero-order chi connectivity index (χ0) is 16.5. The molecular weight excluding hydrogens is 322 g/mol. The monoisotopic (exact) mass is 345 g/mol. The Bertz CT molecular complexity index is 544. The van der Waals surface area contributed by atoms with Gasteiger partial charge in [-0.1, -0.05) is 18.2 Å². The second-order valence-electron chi connectivity index (χ2n) is 5.28. The number of fused-ring (bicyclic) bond motifs is 1. The molecule has 0 bridgehead atoms. The average Bonchev–Trinajstić information content (AvgIpc) is 3.29. The molecule has 0 aliphatic carbocycles. The first-order valence-corrected chi connectivity index (χ1v) is 9.29. The fourth-order valence-corrected chi connectivity index (χ4v) is 2.85. The number of primary sulfonamides is 1. The van der Waals surface area contributed by atoms with Crippen molar-refractivity contribution in [2.45, 2.75) is 31.1 Å². The average molecular weight is 345 g/mol. The minimum atomic E-state index is -3.76. The van der Waals surface area contributed by atoms with Gasteiger partial charge in [-0.25, -0.2) is 13.6 Å². The van der Waals surface area contributed by atoms with E-state index in [0.29, 0.717) is 11.3 Å². The van der Waals surface area contributed by atoms with Crippen molar-refractivity contribution >= 4 is 10.0 Å². The first-order chi connectivity index (χ1) is 11.1. The molecule has 3 aliphatic heterocycles. The molecule has 0 amide bonds. The molecule has 1 unspecified atom stereocenters. The molecule has 130 valence electrons. The van der Waals surface area contributed by atoms with E-state index in [1.807, 2.05) is 0 Å². The summed E-state index contributed by atoms with van der Waals surface area (Å²) in [5.41, 5.74) is -0.770. The molecule has 0 radical (unpaired) electrons. The van der Waals surface area contributed by atoms with Crippen LogP contribution in [0.4, 0.5) is 0 Å². The van der Waals surface area contributed by atoms with Crippen LogP contribution < -0.4 is 10.0 Å². The van der Waals surface area contributed by atoms with E-state index < -0.39 is 15.5 Å². The maximum atomic E-state index is 11.0. The lowest BCUT2D eigenvalue weighted by atomic mass is 10.2. The zero-order valence-corrected chi connectivity index (χ0v) is 13.8. The maximum Gasteiger partial charge on any atom is 0.247 e. The fourth-order valence-electron chi connectivity index (χ4n) is 2.15. The van der Waals surface area contributed by atoms with Crippen molar-refractivity contribution in [3.05, 3.63) is 29.8 Å². The van der Waals surface area contributed by atoms with E-state index >= 15 is 0 Å². The predicted octanol–water partition coefficient (Wildman–Crippen LogP) is 1.89. The molecule has 2 fully saturated rings. The summed E-state index contributed by atoms with van der Waals surface area (Å²) in [5.74, 6) is 0.390. The lowest BCUT2D eigenvalue weighted by Gasteiger charge is -2.02. The molecule has 0 saturated carbocycles. The van der Waals surface area contributed by atoms with Gasteiger partial charge in [0.1, 0.15) is 0 Å². The van der Waals surface area contributed by atoms with Crippen LogP contribution in [0.5, 0.6) is 5.75 Å². The summed E-state index contributed by atoms with van der Waals surface area (Å²) in [6, 6.07) is 6.61. The third kappa shape index (κ3) is 6.08. The van der Waals surface area contributed by atoms with Gasteiger partial charge in [0.15, 0.2) is 5.75 Å². The third-order valence-electron chi connectivity index (χ3n) is 3.35. The number of hydrogen-bond acceptors (Lipinski definition) is 6. The van der Waals surface area contributed by atoms with Crippen LogP contribution in [0.1, 0.15) is 36.7 Å². The largest absolute Gasteiger partial charge is 0.381 e. The second kappa shape index (κ2) is 9.19. The number of hydrogen-bond donors (Lipinski definition) is 1. The summed E-state index contributed by atoms with van der Waals surface area (Å²) in [6.45, 7) is 4.00. The Kier molecular flexibility index (Phi) is 7.25. The highest BCUT2D eigenvalue weighted by Gasteiger charge is 2.34. The normalized spacial score (nSPS) is 22.2. The summed E-state index contributed by atoms with van der Waals surface area (Å²) in [4.78, 5) is 9.25. The van der Waals surface area contributed by atoms with Crippen LogP contribution in [0.2, 0.25) is 0 Å². The lowest BCUT2D eigenvalue weighted by molar-refractivity contribution is -0.200. The van der Waals surface area contributed by atoms with E-state index in [-0.39, 0.29) is 0 Å². The van der Waals surface area contributed by atoms with Gasteiger partial charge in [0, 0.05) is 32.0 Å². The zero-order valence-electron chi connectivity index (χ0n) is 13.0. The maximum absolute atomic E-state index is 11.0. The van der Waals surface area contributed by atoms with Crippen molar-refractivity contribution in [3.8, 4) is 5.75 Å². The Balaban J connectivity index is 0.000000156. The molecule has 3 aliphatic rings. The summed E-state index contributed by atoms with van der Waals surface area (Å²) >= 11 is 0. The van der Waals surface area contributed by atoms with Crippen molar-refractivity contribution in [3.63, 3.8) is 0 Å². The predicted molar refractivity (Wildman–Crippen MR) is 84.1 cm³/mol. The number of nitrogens with two attached hydrogens (primary N) is 1.